The summed E-state index contributed by atoms with van der Waals surface area (Å²) in [6.07, 6.45) is 7.99. The van der Waals surface area contributed by atoms with Gasteiger partial charge in [0.2, 0.25) is 5.91 Å². The molecule has 0 saturated heterocycles. The molecule has 2 N–H and O–H groups in total. The third kappa shape index (κ3) is 2.92. The van der Waals surface area contributed by atoms with Gasteiger partial charge in [-0.05, 0) is 74.0 Å². The molecule has 2 atom stereocenters. The molecule has 6 heteroatoms. The van der Waals surface area contributed by atoms with Crippen LogP contribution < -0.4 is 15.4 Å². The molecule has 1 aliphatic heterocycles. The van der Waals surface area contributed by atoms with Crippen molar-refractivity contribution in [3.63, 3.8) is 0 Å². The van der Waals surface area contributed by atoms with Crippen molar-refractivity contribution in [2.24, 2.45) is 17.3 Å². The van der Waals surface area contributed by atoms with E-state index in [-0.39, 0.29) is 28.2 Å². The Morgan fingerprint density at radius 3 is 2.77 bits per heavy atom. The van der Waals surface area contributed by atoms with Gasteiger partial charge in [0.05, 0.1) is 5.69 Å². The highest BCUT2D eigenvalue weighted by atomic mass is 79.9. The molecule has 26 heavy (non-hydrogen) atoms. The van der Waals surface area contributed by atoms with Crippen molar-refractivity contribution >= 4 is 39.1 Å². The highest BCUT2D eigenvalue weighted by Gasteiger charge is 2.57. The van der Waals surface area contributed by atoms with Crippen molar-refractivity contribution in [2.75, 3.05) is 17.2 Å². The lowest BCUT2D eigenvalue weighted by atomic mass is 9.48. The van der Waals surface area contributed by atoms with Crippen LogP contribution in [-0.4, -0.2) is 22.7 Å². The van der Waals surface area contributed by atoms with Crippen LogP contribution in [0.2, 0.25) is 0 Å². The molecule has 5 nitrogen and oxygen atoms in total. The molecule has 4 bridgehead atoms. The molecule has 4 saturated carbocycles. The summed E-state index contributed by atoms with van der Waals surface area (Å²) >= 11 is 4.01. The monoisotopic (exact) mass is 418 g/mol. The van der Waals surface area contributed by atoms with Gasteiger partial charge in [0.25, 0.3) is 5.91 Å². The van der Waals surface area contributed by atoms with Gasteiger partial charge in [-0.25, -0.2) is 0 Å². The Balaban J connectivity index is 1.30. The fourth-order valence-electron chi connectivity index (χ4n) is 6.25. The minimum atomic E-state index is -0.169. The van der Waals surface area contributed by atoms with Gasteiger partial charge >= 0.3 is 0 Å². The Hall–Kier alpha value is -1.56. The van der Waals surface area contributed by atoms with Crippen LogP contribution in [0.4, 0.5) is 11.4 Å². The first-order chi connectivity index (χ1) is 12.4. The van der Waals surface area contributed by atoms with Crippen LogP contribution in [0.1, 0.15) is 44.9 Å². The van der Waals surface area contributed by atoms with E-state index < -0.39 is 0 Å². The number of alkyl halides is 1. The molecule has 5 aliphatic rings. The number of carbonyl (C=O) groups excluding carboxylic acids is 2. The fourth-order valence-corrected chi connectivity index (χ4v) is 7.76. The number of hydrogen-bond acceptors (Lipinski definition) is 3. The lowest BCUT2D eigenvalue weighted by Crippen LogP contribution is -2.53. The third-order valence-corrected chi connectivity index (χ3v) is 7.47. The normalized spacial score (nSPS) is 36.9. The summed E-state index contributed by atoms with van der Waals surface area (Å²) in [6.45, 7) is 0.0395. The maximum absolute atomic E-state index is 12.8. The van der Waals surface area contributed by atoms with Crippen molar-refractivity contribution < 1.29 is 14.3 Å². The lowest BCUT2D eigenvalue weighted by Gasteiger charge is -2.60. The standard InChI is InChI=1S/C20H23BrN2O3/c21-20-7-12-3-13(8-20)6-19(5-12,11-20)9-17(24)22-14-1-2-16-15(4-14)23-18(25)10-26-16/h1-2,4,12-13H,3,5-11H2,(H,22,24)(H,23,25). The Morgan fingerprint density at radius 2 is 2.04 bits per heavy atom. The predicted octanol–water partition coefficient (Wildman–Crippen LogP) is 4.08. The van der Waals surface area contributed by atoms with Gasteiger partial charge in [-0.15, -0.1) is 0 Å². The summed E-state index contributed by atoms with van der Waals surface area (Å²) < 4.78 is 5.64. The number of ether oxygens (including phenoxy) is 1. The number of hydrogen-bond donors (Lipinski definition) is 2. The van der Waals surface area contributed by atoms with Crippen LogP contribution in [0, 0.1) is 17.3 Å². The molecular formula is C20H23BrN2O3. The molecule has 138 valence electrons. The number of nitrogens with one attached hydrogen (secondary N) is 2. The quantitative estimate of drug-likeness (QED) is 0.726. The van der Waals surface area contributed by atoms with Crippen LogP contribution in [0.25, 0.3) is 0 Å². The molecular weight excluding hydrogens is 396 g/mol. The zero-order valence-electron chi connectivity index (χ0n) is 14.6. The first-order valence-corrected chi connectivity index (χ1v) is 10.3. The summed E-state index contributed by atoms with van der Waals surface area (Å²) in [5.41, 5.74) is 1.48. The van der Waals surface area contributed by atoms with E-state index in [4.69, 9.17) is 4.74 Å². The molecule has 1 aromatic carbocycles. The van der Waals surface area contributed by atoms with E-state index >= 15 is 0 Å². The maximum atomic E-state index is 12.8. The highest BCUT2D eigenvalue weighted by Crippen LogP contribution is 2.65. The van der Waals surface area contributed by atoms with E-state index in [1.165, 1.54) is 32.1 Å². The predicted molar refractivity (Wildman–Crippen MR) is 103 cm³/mol. The van der Waals surface area contributed by atoms with Crippen LogP contribution >= 0.6 is 15.9 Å². The third-order valence-electron chi connectivity index (χ3n) is 6.54. The average molecular weight is 419 g/mol. The molecule has 1 heterocycles. The van der Waals surface area contributed by atoms with Gasteiger partial charge in [0.15, 0.2) is 6.61 Å². The molecule has 1 aromatic rings. The molecule has 2 unspecified atom stereocenters. The Morgan fingerprint density at radius 1 is 1.27 bits per heavy atom. The number of halogens is 1. The molecule has 4 fully saturated rings. The summed E-state index contributed by atoms with van der Waals surface area (Å²) in [5, 5.41) is 5.82. The molecule has 0 spiro atoms. The van der Waals surface area contributed by atoms with E-state index in [0.717, 1.165) is 18.3 Å². The average Bonchev–Trinajstić information content (AvgIpc) is 2.51. The van der Waals surface area contributed by atoms with Crippen molar-refractivity contribution in [1.29, 1.82) is 0 Å². The second-order valence-electron chi connectivity index (χ2n) is 8.88. The number of amides is 2. The van der Waals surface area contributed by atoms with Crippen LogP contribution in [-0.2, 0) is 9.59 Å². The van der Waals surface area contributed by atoms with E-state index in [2.05, 4.69) is 26.6 Å². The van der Waals surface area contributed by atoms with Gasteiger partial charge in [-0.2, -0.15) is 0 Å². The molecule has 6 rings (SSSR count). The summed E-state index contributed by atoms with van der Waals surface area (Å²) in [7, 11) is 0. The van der Waals surface area contributed by atoms with E-state index in [1.54, 1.807) is 12.1 Å². The van der Waals surface area contributed by atoms with Crippen LogP contribution in [0.15, 0.2) is 18.2 Å². The topological polar surface area (TPSA) is 67.4 Å². The highest BCUT2D eigenvalue weighted by molar-refractivity contribution is 9.10. The minimum absolute atomic E-state index is 0.0395. The summed E-state index contributed by atoms with van der Waals surface area (Å²) in [5.74, 6) is 2.10. The smallest absolute Gasteiger partial charge is 0.262 e. The van der Waals surface area contributed by atoms with Crippen molar-refractivity contribution in [1.82, 2.24) is 0 Å². The first-order valence-electron chi connectivity index (χ1n) is 9.46. The SMILES string of the molecule is O=C(CC12CC3CC(CC(Br)(C3)C1)C2)Nc1ccc2c(c1)NC(=O)CO2. The number of carbonyl (C=O) groups is 2. The van der Waals surface area contributed by atoms with Gasteiger partial charge < -0.3 is 15.4 Å². The van der Waals surface area contributed by atoms with Gasteiger partial charge in [0, 0.05) is 16.4 Å². The number of rotatable bonds is 3. The Bertz CT molecular complexity index is 779. The van der Waals surface area contributed by atoms with Gasteiger partial charge in [-0.3, -0.25) is 9.59 Å². The van der Waals surface area contributed by atoms with Gasteiger partial charge in [0.1, 0.15) is 5.75 Å². The number of benzene rings is 1. The summed E-state index contributed by atoms with van der Waals surface area (Å²) in [4.78, 5) is 24.3. The molecule has 0 aromatic heterocycles. The maximum Gasteiger partial charge on any atom is 0.262 e. The van der Waals surface area contributed by atoms with Crippen molar-refractivity contribution in [3.05, 3.63) is 18.2 Å². The Labute approximate surface area is 161 Å². The molecule has 0 radical (unpaired) electrons. The van der Waals surface area contributed by atoms with E-state index in [1.807, 2.05) is 6.07 Å². The van der Waals surface area contributed by atoms with Gasteiger partial charge in [-0.1, -0.05) is 15.9 Å². The zero-order chi connectivity index (χ0) is 17.9. The van der Waals surface area contributed by atoms with Crippen molar-refractivity contribution in [3.8, 4) is 5.75 Å². The van der Waals surface area contributed by atoms with Crippen LogP contribution in [0.3, 0.4) is 0 Å². The van der Waals surface area contributed by atoms with Crippen molar-refractivity contribution in [2.45, 2.75) is 49.3 Å². The largest absolute Gasteiger partial charge is 0.482 e. The number of fused-ring (bicyclic) bond motifs is 1. The lowest BCUT2D eigenvalue weighted by molar-refractivity contribution is -0.123. The fraction of sp³-hybridized carbons (Fsp3) is 0.600. The van der Waals surface area contributed by atoms with E-state index in [0.29, 0.717) is 23.5 Å². The molecule has 4 aliphatic carbocycles. The zero-order valence-corrected chi connectivity index (χ0v) is 16.2. The van der Waals surface area contributed by atoms with Crippen LogP contribution in [0.5, 0.6) is 5.75 Å². The van der Waals surface area contributed by atoms with E-state index in [9.17, 15) is 9.59 Å². The first kappa shape index (κ1) is 16.6. The number of anilines is 2. The Kier molecular flexibility index (Phi) is 3.65. The minimum Gasteiger partial charge on any atom is -0.482 e. The summed E-state index contributed by atoms with van der Waals surface area (Å²) in [6, 6.07) is 5.40. The second-order valence-corrected chi connectivity index (χ2v) is 10.6. The molecule has 2 amide bonds. The second kappa shape index (κ2) is 5.72.